The summed E-state index contributed by atoms with van der Waals surface area (Å²) in [6, 6.07) is 0. The number of unbranched alkanes of at least 4 members (excludes halogenated alkanes) is 16. The number of aliphatic carboxylic acids is 1. The first-order valence-electron chi connectivity index (χ1n) is 35.6. The number of likely N-dealkylation sites (N-methyl/N-ethyl adjacent to an activating group) is 1. The maximum Gasteiger partial charge on any atom is 0.306 e. The molecule has 0 saturated carbocycles. The van der Waals surface area contributed by atoms with E-state index >= 15 is 0 Å². The highest BCUT2D eigenvalue weighted by Gasteiger charge is 2.22. The quantitative estimate of drug-likeness (QED) is 0.0195. The molecule has 0 N–H and O–H groups in total. The molecule has 0 aromatic carbocycles. The summed E-state index contributed by atoms with van der Waals surface area (Å²) in [7, 11) is 5.91. The van der Waals surface area contributed by atoms with Gasteiger partial charge in [0, 0.05) is 12.8 Å². The highest BCUT2D eigenvalue weighted by atomic mass is 16.7. The second-order valence-electron chi connectivity index (χ2n) is 24.1. The van der Waals surface area contributed by atoms with Gasteiger partial charge in [0.2, 0.25) is 0 Å². The van der Waals surface area contributed by atoms with Crippen LogP contribution in [0.2, 0.25) is 0 Å². The van der Waals surface area contributed by atoms with Gasteiger partial charge in [0.15, 0.2) is 12.4 Å². The molecule has 0 amide bonds. The standard InChI is InChI=1S/C82H129NO8/c1-6-8-10-12-14-16-18-20-22-24-26-28-30-32-34-36-37-38-39-40-41-42-43-45-47-49-51-53-55-57-59-61-63-65-67-69-71-73-80(85)91-78(77-90-82(81(86)87)88-75-74-83(3,4)5)76-89-79(84)72-70-68-66-64-62-60-58-56-54-52-50-48-46-44-35-33-31-29-27-25-23-21-19-17-15-13-11-9-7-2/h8-11,14-17,20-23,26-29,32-35,37-38,40-41,43,45-46,48,52,54,58,60,78,82H,6-7,12-13,18-19,24-25,30-31,36,39,42,44,47,49-51,53,55-57,59,61-77H2,1-5H3/b10-8-,11-9-,16-14-,17-15-,22-20-,23-21-,28-26-,29-27-,34-32-,35-33-,38-37-,41-40-,45-43-,48-46-,54-52-,60-58-. The minimum atomic E-state index is -1.64. The Labute approximate surface area is 557 Å². The molecule has 91 heavy (non-hydrogen) atoms. The number of esters is 2. The van der Waals surface area contributed by atoms with E-state index in [1.165, 1.54) is 51.4 Å². The van der Waals surface area contributed by atoms with Crippen molar-refractivity contribution < 1.29 is 42.9 Å². The number of allylic oxidation sites excluding steroid dienone is 32. The predicted octanol–water partition coefficient (Wildman–Crippen LogP) is 21.2. The van der Waals surface area contributed by atoms with Crippen LogP contribution in [0.1, 0.15) is 245 Å². The van der Waals surface area contributed by atoms with Gasteiger partial charge in [-0.05, 0) is 141 Å². The van der Waals surface area contributed by atoms with Crippen LogP contribution in [0.5, 0.6) is 0 Å². The number of ether oxygens (including phenoxy) is 4. The Kier molecular flexibility index (Phi) is 65.5. The summed E-state index contributed by atoms with van der Waals surface area (Å²) in [5.74, 6) is -2.34. The van der Waals surface area contributed by atoms with Crippen molar-refractivity contribution in [1.29, 1.82) is 0 Å². The molecule has 0 aromatic rings. The molecule has 0 radical (unpaired) electrons. The highest BCUT2D eigenvalue weighted by Crippen LogP contribution is 2.15. The Morgan fingerprint density at radius 2 is 0.593 bits per heavy atom. The number of carboxylic acid groups (broad SMARTS) is 1. The van der Waals surface area contributed by atoms with Crippen LogP contribution in [0.15, 0.2) is 194 Å². The Balaban J connectivity index is 4.23. The van der Waals surface area contributed by atoms with E-state index in [2.05, 4.69) is 208 Å². The summed E-state index contributed by atoms with van der Waals surface area (Å²) < 4.78 is 22.8. The molecule has 0 aliphatic rings. The van der Waals surface area contributed by atoms with Gasteiger partial charge >= 0.3 is 11.9 Å². The minimum absolute atomic E-state index is 0.132. The van der Waals surface area contributed by atoms with E-state index in [0.29, 0.717) is 23.9 Å². The number of carbonyl (C=O) groups is 3. The molecule has 510 valence electrons. The van der Waals surface area contributed by atoms with Gasteiger partial charge in [-0.1, -0.05) is 285 Å². The van der Waals surface area contributed by atoms with Crippen LogP contribution < -0.4 is 5.11 Å². The van der Waals surface area contributed by atoms with Crippen LogP contribution in [0.25, 0.3) is 0 Å². The molecule has 0 heterocycles. The lowest BCUT2D eigenvalue weighted by Gasteiger charge is -2.26. The monoisotopic (exact) mass is 1260 g/mol. The average molecular weight is 1260 g/mol. The maximum absolute atomic E-state index is 12.9. The van der Waals surface area contributed by atoms with Crippen LogP contribution >= 0.6 is 0 Å². The Morgan fingerprint density at radius 1 is 0.330 bits per heavy atom. The first-order chi connectivity index (χ1) is 44.6. The molecule has 0 bridgehead atoms. The van der Waals surface area contributed by atoms with E-state index in [1.807, 2.05) is 21.1 Å². The van der Waals surface area contributed by atoms with Crippen molar-refractivity contribution in [3.63, 3.8) is 0 Å². The molecule has 0 saturated heterocycles. The smallest absolute Gasteiger partial charge is 0.306 e. The molecule has 0 fully saturated rings. The normalized spacial score (nSPS) is 13.9. The Morgan fingerprint density at radius 3 is 0.879 bits per heavy atom. The van der Waals surface area contributed by atoms with E-state index in [1.54, 1.807) is 0 Å². The molecule has 0 aliphatic heterocycles. The van der Waals surface area contributed by atoms with Gasteiger partial charge in [0.05, 0.1) is 40.3 Å². The lowest BCUT2D eigenvalue weighted by molar-refractivity contribution is -0.870. The zero-order chi connectivity index (χ0) is 66.1. The number of hydrogen-bond donors (Lipinski definition) is 0. The summed E-state index contributed by atoms with van der Waals surface area (Å²) in [5.41, 5.74) is 0. The van der Waals surface area contributed by atoms with Crippen molar-refractivity contribution in [3.05, 3.63) is 194 Å². The third-order valence-electron chi connectivity index (χ3n) is 14.3. The fraction of sp³-hybridized carbons (Fsp3) is 0.573. The lowest BCUT2D eigenvalue weighted by Crippen LogP contribution is -2.44. The number of carbonyl (C=O) groups excluding carboxylic acids is 3. The Bertz CT molecular complexity index is 2200. The van der Waals surface area contributed by atoms with E-state index in [-0.39, 0.29) is 38.6 Å². The number of hydrogen-bond acceptors (Lipinski definition) is 8. The van der Waals surface area contributed by atoms with Crippen molar-refractivity contribution in [2.45, 2.75) is 257 Å². The summed E-state index contributed by atoms with van der Waals surface area (Å²) in [6.45, 7) is 4.47. The van der Waals surface area contributed by atoms with E-state index in [4.69, 9.17) is 18.9 Å². The van der Waals surface area contributed by atoms with Crippen LogP contribution in [0, 0.1) is 0 Å². The lowest BCUT2D eigenvalue weighted by atomic mass is 10.0. The topological polar surface area (TPSA) is 111 Å². The van der Waals surface area contributed by atoms with Gasteiger partial charge < -0.3 is 33.3 Å². The molecule has 9 heteroatoms. The van der Waals surface area contributed by atoms with Crippen molar-refractivity contribution >= 4 is 17.9 Å². The summed E-state index contributed by atoms with van der Waals surface area (Å²) in [6.07, 6.45) is 105. The SMILES string of the molecule is CC/C=C\C/C=C\C/C=C\C/C=C\C/C=C\C/C=C\C/C=C\C/C=C\CCCCCCCCCCCCCCC(=O)OC(COC(=O)CCCCCC/C=C\C/C=C\C/C=C\C/C=C\C/C=C\C/C=C\C/C=C\C/C=C\CC)COC(OCC[N+](C)(C)C)C(=O)[O-]. The van der Waals surface area contributed by atoms with Crippen molar-refractivity contribution in [2.75, 3.05) is 47.5 Å². The molecule has 0 aromatic heterocycles. The fourth-order valence-corrected chi connectivity index (χ4v) is 8.98. The molecule has 0 spiro atoms. The molecule has 9 nitrogen and oxygen atoms in total. The highest BCUT2D eigenvalue weighted by molar-refractivity contribution is 5.70. The van der Waals surface area contributed by atoms with Crippen molar-refractivity contribution in [3.8, 4) is 0 Å². The fourth-order valence-electron chi connectivity index (χ4n) is 8.98. The van der Waals surface area contributed by atoms with Crippen molar-refractivity contribution in [2.24, 2.45) is 0 Å². The van der Waals surface area contributed by atoms with Gasteiger partial charge in [-0.25, -0.2) is 0 Å². The second-order valence-corrected chi connectivity index (χ2v) is 24.1. The van der Waals surface area contributed by atoms with E-state index in [0.717, 1.165) is 154 Å². The number of rotatable bonds is 63. The predicted molar refractivity (Wildman–Crippen MR) is 388 cm³/mol. The largest absolute Gasteiger partial charge is 0.545 e. The van der Waals surface area contributed by atoms with Gasteiger partial charge in [-0.15, -0.1) is 0 Å². The molecule has 0 aliphatic carbocycles. The van der Waals surface area contributed by atoms with Crippen LogP contribution in [0.3, 0.4) is 0 Å². The Hall–Kier alpha value is -5.87. The van der Waals surface area contributed by atoms with Gasteiger partial charge in [0.25, 0.3) is 0 Å². The summed E-state index contributed by atoms with van der Waals surface area (Å²) in [4.78, 5) is 37.5. The van der Waals surface area contributed by atoms with Crippen LogP contribution in [0.4, 0.5) is 0 Å². The average Bonchev–Trinajstić information content (AvgIpc) is 3.50. The van der Waals surface area contributed by atoms with Crippen molar-refractivity contribution in [1.82, 2.24) is 0 Å². The minimum Gasteiger partial charge on any atom is -0.545 e. The molecule has 2 atom stereocenters. The molecule has 0 rings (SSSR count). The van der Waals surface area contributed by atoms with Crippen LogP contribution in [-0.2, 0) is 33.3 Å². The number of quaternary nitrogens is 1. The first kappa shape index (κ1) is 85.1. The second kappa shape index (κ2) is 70.0. The van der Waals surface area contributed by atoms with Crippen LogP contribution in [-0.4, -0.2) is 82.3 Å². The third-order valence-corrected chi connectivity index (χ3v) is 14.3. The third kappa shape index (κ3) is 71.4. The van der Waals surface area contributed by atoms with Gasteiger partial charge in [-0.2, -0.15) is 0 Å². The summed E-state index contributed by atoms with van der Waals surface area (Å²) in [5, 5.41) is 11.8. The van der Waals surface area contributed by atoms with Gasteiger partial charge in [0.1, 0.15) is 13.2 Å². The number of nitrogens with zero attached hydrogens (tertiary/aromatic N) is 1. The summed E-state index contributed by atoms with van der Waals surface area (Å²) >= 11 is 0. The number of carboxylic acids is 1. The maximum atomic E-state index is 12.9. The van der Waals surface area contributed by atoms with Gasteiger partial charge in [-0.3, -0.25) is 9.59 Å². The zero-order valence-electron chi connectivity index (χ0n) is 58.1. The van der Waals surface area contributed by atoms with E-state index < -0.39 is 24.3 Å². The molecular weight excluding hydrogens is 1130 g/mol. The molecule has 2 unspecified atom stereocenters. The van der Waals surface area contributed by atoms with E-state index in [9.17, 15) is 19.5 Å². The first-order valence-corrected chi connectivity index (χ1v) is 35.6. The zero-order valence-corrected chi connectivity index (χ0v) is 58.1. The molecular formula is C82H129NO8.